The van der Waals surface area contributed by atoms with Gasteiger partial charge in [0.1, 0.15) is 0 Å². The van der Waals surface area contributed by atoms with Crippen LogP contribution in [0, 0.1) is 5.53 Å². The molecule has 0 radical (unpaired) electrons. The van der Waals surface area contributed by atoms with E-state index in [4.69, 9.17) is 10.1 Å². The van der Waals surface area contributed by atoms with Gasteiger partial charge in [0, 0.05) is 0 Å². The first-order chi connectivity index (χ1) is 5.54. The Labute approximate surface area is 69.3 Å². The van der Waals surface area contributed by atoms with E-state index >= 15 is 0 Å². The van der Waals surface area contributed by atoms with Crippen LogP contribution in [0.25, 0.3) is 0 Å². The number of nitrogens with one attached hydrogen (secondary N) is 1. The van der Waals surface area contributed by atoms with E-state index in [-0.39, 0.29) is 10.6 Å². The maximum Gasteiger partial charge on any atom is 0.294 e. The van der Waals surface area contributed by atoms with Crippen molar-refractivity contribution in [3.63, 3.8) is 0 Å². The van der Waals surface area contributed by atoms with Gasteiger partial charge in [-0.15, -0.1) is 0 Å². The molecule has 64 valence electrons. The summed E-state index contributed by atoms with van der Waals surface area (Å²) in [6.45, 7) is 0. The third kappa shape index (κ3) is 1.86. The molecular weight excluding hydrogens is 180 g/mol. The van der Waals surface area contributed by atoms with Crippen molar-refractivity contribution >= 4 is 15.8 Å². The zero-order chi connectivity index (χ0) is 9.19. The van der Waals surface area contributed by atoms with Gasteiger partial charge in [0.25, 0.3) is 10.1 Å². The summed E-state index contributed by atoms with van der Waals surface area (Å²) < 4.78 is 29.7. The summed E-state index contributed by atoms with van der Waals surface area (Å²) in [6.07, 6.45) is 0. The maximum absolute atomic E-state index is 10.6. The average Bonchev–Trinajstić information content (AvgIpc) is 2.03. The third-order valence-corrected chi connectivity index (χ3v) is 2.09. The smallest absolute Gasteiger partial charge is 0.282 e. The minimum Gasteiger partial charge on any atom is -0.282 e. The van der Waals surface area contributed by atoms with Crippen molar-refractivity contribution in [2.75, 3.05) is 0 Å². The molecule has 0 heterocycles. The molecule has 0 fully saturated rings. The molecule has 0 spiro atoms. The van der Waals surface area contributed by atoms with Gasteiger partial charge < -0.3 is 0 Å². The molecule has 12 heavy (non-hydrogen) atoms. The van der Waals surface area contributed by atoms with Crippen LogP contribution in [-0.2, 0) is 10.1 Å². The number of hydrogen-bond donors (Lipinski definition) is 2. The van der Waals surface area contributed by atoms with E-state index in [1.54, 1.807) is 0 Å². The van der Waals surface area contributed by atoms with E-state index in [0.29, 0.717) is 0 Å². The monoisotopic (exact) mass is 186 g/mol. The molecule has 5 nitrogen and oxygen atoms in total. The summed E-state index contributed by atoms with van der Waals surface area (Å²) >= 11 is 0. The number of benzene rings is 1. The van der Waals surface area contributed by atoms with Crippen LogP contribution in [0.15, 0.2) is 34.3 Å². The summed E-state index contributed by atoms with van der Waals surface area (Å²) in [5, 5.41) is 3.02. The summed E-state index contributed by atoms with van der Waals surface area (Å²) in [7, 11) is -4.18. The van der Waals surface area contributed by atoms with E-state index in [2.05, 4.69) is 5.11 Å². The highest BCUT2D eigenvalue weighted by Crippen LogP contribution is 2.16. The Morgan fingerprint density at radius 2 is 2.08 bits per heavy atom. The fourth-order valence-corrected chi connectivity index (χ4v) is 1.23. The number of nitrogens with zero attached hydrogens (tertiary/aromatic N) is 1. The minimum atomic E-state index is -4.18. The highest BCUT2D eigenvalue weighted by molar-refractivity contribution is 7.85. The maximum atomic E-state index is 10.6. The van der Waals surface area contributed by atoms with Gasteiger partial charge in [-0.1, -0.05) is 6.07 Å². The molecule has 0 atom stereocenters. The summed E-state index contributed by atoms with van der Waals surface area (Å²) in [5.41, 5.74) is 6.78. The Balaban J connectivity index is 3.29. The van der Waals surface area contributed by atoms with Crippen LogP contribution >= 0.6 is 0 Å². The predicted molar refractivity (Wildman–Crippen MR) is 41.1 cm³/mol. The molecule has 0 aliphatic carbocycles. The Hall–Kier alpha value is -1.27. The minimum absolute atomic E-state index is 0.185. The molecule has 0 amide bonds. The largest absolute Gasteiger partial charge is 0.294 e. The second-order valence-electron chi connectivity index (χ2n) is 2.08. The topological polar surface area (TPSA) is 90.6 Å². The average molecular weight is 186 g/mol. The van der Waals surface area contributed by atoms with Gasteiger partial charge in [0.15, 0.2) is 0 Å². The van der Waals surface area contributed by atoms with Crippen molar-refractivity contribution in [2.45, 2.75) is 4.90 Å². The van der Waals surface area contributed by atoms with E-state index in [9.17, 15) is 8.42 Å². The van der Waals surface area contributed by atoms with Gasteiger partial charge in [-0.05, 0) is 18.2 Å². The first-order valence-electron chi connectivity index (χ1n) is 2.99. The quantitative estimate of drug-likeness (QED) is 0.542. The normalized spacial score (nSPS) is 11.1. The molecular formula is C6H6N2O3S. The zero-order valence-electron chi connectivity index (χ0n) is 5.93. The third-order valence-electron chi connectivity index (χ3n) is 1.24. The molecule has 0 unspecified atom stereocenters. The molecule has 0 bridgehead atoms. The van der Waals surface area contributed by atoms with Crippen LogP contribution in [0.5, 0.6) is 0 Å². The SMILES string of the molecule is N=Nc1cccc(S(=O)(=O)O)c1. The molecule has 0 aromatic heterocycles. The van der Waals surface area contributed by atoms with Crippen molar-refractivity contribution in [3.8, 4) is 0 Å². The Morgan fingerprint density at radius 1 is 1.42 bits per heavy atom. The zero-order valence-corrected chi connectivity index (χ0v) is 6.75. The van der Waals surface area contributed by atoms with E-state index in [0.717, 1.165) is 6.07 Å². The van der Waals surface area contributed by atoms with Crippen LogP contribution in [0.2, 0.25) is 0 Å². The van der Waals surface area contributed by atoms with Crippen LogP contribution in [0.1, 0.15) is 0 Å². The second kappa shape index (κ2) is 3.00. The van der Waals surface area contributed by atoms with Crippen LogP contribution in [0.3, 0.4) is 0 Å². The molecule has 0 aliphatic rings. The molecule has 1 aromatic carbocycles. The van der Waals surface area contributed by atoms with Crippen LogP contribution in [-0.4, -0.2) is 13.0 Å². The molecule has 6 heteroatoms. The van der Waals surface area contributed by atoms with Crippen LogP contribution < -0.4 is 0 Å². The fraction of sp³-hybridized carbons (Fsp3) is 0. The van der Waals surface area contributed by atoms with Crippen molar-refractivity contribution in [1.82, 2.24) is 0 Å². The lowest BCUT2D eigenvalue weighted by Crippen LogP contribution is -1.96. The van der Waals surface area contributed by atoms with Gasteiger partial charge in [0.2, 0.25) is 0 Å². The Kier molecular flexibility index (Phi) is 2.20. The summed E-state index contributed by atoms with van der Waals surface area (Å²) in [4.78, 5) is -0.254. The van der Waals surface area contributed by atoms with Crippen molar-refractivity contribution < 1.29 is 13.0 Å². The van der Waals surface area contributed by atoms with Gasteiger partial charge in [-0.25, -0.2) is 5.53 Å². The summed E-state index contributed by atoms with van der Waals surface area (Å²) in [5.74, 6) is 0. The van der Waals surface area contributed by atoms with Crippen molar-refractivity contribution in [2.24, 2.45) is 5.11 Å². The summed E-state index contributed by atoms with van der Waals surface area (Å²) in [6, 6.07) is 5.20. The molecule has 1 aromatic rings. The van der Waals surface area contributed by atoms with Crippen LogP contribution in [0.4, 0.5) is 5.69 Å². The van der Waals surface area contributed by atoms with E-state index < -0.39 is 10.1 Å². The van der Waals surface area contributed by atoms with Gasteiger partial charge in [-0.3, -0.25) is 4.55 Å². The van der Waals surface area contributed by atoms with Crippen molar-refractivity contribution in [3.05, 3.63) is 24.3 Å². The predicted octanol–water partition coefficient (Wildman–Crippen LogP) is 1.60. The van der Waals surface area contributed by atoms with Gasteiger partial charge in [-0.2, -0.15) is 13.5 Å². The standard InChI is InChI=1S/C6H6N2O3S/c7-8-5-2-1-3-6(4-5)12(9,10)11/h1-4,7H,(H,9,10,11). The lowest BCUT2D eigenvalue weighted by atomic mass is 10.3. The Morgan fingerprint density at radius 3 is 2.58 bits per heavy atom. The van der Waals surface area contributed by atoms with E-state index in [1.807, 2.05) is 0 Å². The van der Waals surface area contributed by atoms with E-state index in [1.165, 1.54) is 18.2 Å². The molecule has 0 saturated carbocycles. The Bertz CT molecular complexity index is 399. The van der Waals surface area contributed by atoms with Crippen molar-refractivity contribution in [1.29, 1.82) is 5.53 Å². The number of rotatable bonds is 2. The highest BCUT2D eigenvalue weighted by Gasteiger charge is 2.08. The van der Waals surface area contributed by atoms with Gasteiger partial charge in [0.05, 0.1) is 10.6 Å². The molecule has 0 aliphatic heterocycles. The molecule has 1 rings (SSSR count). The lowest BCUT2D eigenvalue weighted by molar-refractivity contribution is 0.483. The fourth-order valence-electron chi connectivity index (χ4n) is 0.714. The lowest BCUT2D eigenvalue weighted by Gasteiger charge is -1.95. The second-order valence-corrected chi connectivity index (χ2v) is 3.51. The number of hydrogen-bond acceptors (Lipinski definition) is 4. The first kappa shape index (κ1) is 8.82. The molecule has 0 saturated heterocycles. The van der Waals surface area contributed by atoms with Gasteiger partial charge >= 0.3 is 0 Å². The first-order valence-corrected chi connectivity index (χ1v) is 4.43. The highest BCUT2D eigenvalue weighted by atomic mass is 32.2. The molecule has 2 N–H and O–H groups in total.